The van der Waals surface area contributed by atoms with Gasteiger partial charge >= 0.3 is 0 Å². The van der Waals surface area contributed by atoms with E-state index < -0.39 is 54.6 Å². The van der Waals surface area contributed by atoms with Gasteiger partial charge < -0.3 is 21.3 Å². The number of anilines is 1. The van der Waals surface area contributed by atoms with Crippen LogP contribution in [0, 0.1) is 18.6 Å². The predicted octanol–water partition coefficient (Wildman–Crippen LogP) is 4.04. The molecule has 5 N–H and O–H groups in total. The summed E-state index contributed by atoms with van der Waals surface area (Å²) in [4.78, 5) is 21.1. The van der Waals surface area contributed by atoms with Crippen molar-refractivity contribution in [2.75, 3.05) is 12.3 Å². The summed E-state index contributed by atoms with van der Waals surface area (Å²) in [7, 11) is 0. The minimum Gasteiger partial charge on any atom is -0.394 e. The predicted molar refractivity (Wildman–Crippen MR) is 128 cm³/mol. The van der Waals surface area contributed by atoms with Gasteiger partial charge in [-0.15, -0.1) is 0 Å². The Kier molecular flexibility index (Phi) is 7.47. The summed E-state index contributed by atoms with van der Waals surface area (Å²) >= 11 is 0. The zero-order valence-corrected chi connectivity index (χ0v) is 19.9. The smallest absolute Gasteiger partial charge is 0.274 e. The first kappa shape index (κ1) is 26.5. The summed E-state index contributed by atoms with van der Waals surface area (Å²) in [6.45, 7) is 1.12. The summed E-state index contributed by atoms with van der Waals surface area (Å²) in [6, 6.07) is 6.72. The van der Waals surface area contributed by atoms with Gasteiger partial charge in [-0.25, -0.2) is 27.5 Å². The van der Waals surface area contributed by atoms with E-state index in [4.69, 9.17) is 5.73 Å². The summed E-state index contributed by atoms with van der Waals surface area (Å²) < 4.78 is 56.8. The molecule has 1 fully saturated rings. The maximum Gasteiger partial charge on any atom is 0.274 e. The summed E-state index contributed by atoms with van der Waals surface area (Å²) in [5.41, 5.74) is 7.00. The topological polar surface area (TPSA) is 121 Å². The number of alkyl halides is 2. The third kappa shape index (κ3) is 5.72. The van der Waals surface area contributed by atoms with Crippen molar-refractivity contribution >= 4 is 11.7 Å². The highest BCUT2D eigenvalue weighted by atomic mass is 19.3. The van der Waals surface area contributed by atoms with Crippen LogP contribution >= 0.6 is 0 Å². The van der Waals surface area contributed by atoms with Crippen LogP contribution in [0.25, 0.3) is 11.3 Å². The van der Waals surface area contributed by atoms with Gasteiger partial charge in [-0.1, -0.05) is 12.1 Å². The van der Waals surface area contributed by atoms with Crippen LogP contribution in [0.2, 0.25) is 0 Å². The Morgan fingerprint density at radius 3 is 2.62 bits per heavy atom. The van der Waals surface area contributed by atoms with Gasteiger partial charge in [0.1, 0.15) is 29.3 Å². The fraction of sp³-hybridized carbons (Fsp3) is 0.346. The molecule has 11 heteroatoms. The summed E-state index contributed by atoms with van der Waals surface area (Å²) in [5, 5.41) is 21.7. The molecule has 0 saturated heterocycles. The molecule has 37 heavy (non-hydrogen) atoms. The van der Waals surface area contributed by atoms with Crippen molar-refractivity contribution in [3.63, 3.8) is 0 Å². The number of halogens is 4. The molecule has 3 aromatic rings. The van der Waals surface area contributed by atoms with Crippen LogP contribution in [0.3, 0.4) is 0 Å². The molecule has 3 atom stereocenters. The number of rotatable bonds is 6. The zero-order chi connectivity index (χ0) is 26.9. The molecule has 2 aromatic carbocycles. The average Bonchev–Trinajstić information content (AvgIpc) is 2.83. The van der Waals surface area contributed by atoms with Gasteiger partial charge in [0.05, 0.1) is 30.1 Å². The highest BCUT2D eigenvalue weighted by molar-refractivity contribution is 5.95. The van der Waals surface area contributed by atoms with Gasteiger partial charge in [0.2, 0.25) is 0 Å². The van der Waals surface area contributed by atoms with Crippen molar-refractivity contribution < 1.29 is 32.6 Å². The number of hydrogen-bond acceptors (Lipinski definition) is 6. The Bertz CT molecular complexity index is 1300. The van der Waals surface area contributed by atoms with E-state index in [0.717, 1.165) is 6.07 Å². The number of carbonyl (C=O) groups excluding carboxylic acids is 1. The summed E-state index contributed by atoms with van der Waals surface area (Å²) in [6.07, 6.45) is -0.844. The minimum absolute atomic E-state index is 0.0511. The standard InChI is InChI=1S/C26H26F4N4O3/c1-13-6-16(8-17(27)7-13)21(12-35)34-25(37)18-4-2-14(9-19(18)28)23-24(31)32-11-20(33-23)15-3-5-22(36)26(29,30)10-15/h2,4,6-9,11,15,21-22,35-36H,3,5,10,12H2,1H3,(H2,31,32)(H,34,37). The first-order valence-electron chi connectivity index (χ1n) is 11.7. The van der Waals surface area contributed by atoms with Crippen LogP contribution in [0.5, 0.6) is 0 Å². The number of benzene rings is 2. The van der Waals surface area contributed by atoms with E-state index in [0.29, 0.717) is 11.1 Å². The lowest BCUT2D eigenvalue weighted by Crippen LogP contribution is -2.39. The maximum atomic E-state index is 15.0. The largest absolute Gasteiger partial charge is 0.394 e. The van der Waals surface area contributed by atoms with E-state index in [-0.39, 0.29) is 41.2 Å². The van der Waals surface area contributed by atoms with E-state index in [1.807, 2.05) is 0 Å². The Morgan fingerprint density at radius 1 is 1.22 bits per heavy atom. The van der Waals surface area contributed by atoms with Crippen molar-refractivity contribution in [2.24, 2.45) is 0 Å². The fourth-order valence-corrected chi connectivity index (χ4v) is 4.49. The first-order valence-corrected chi connectivity index (χ1v) is 11.7. The highest BCUT2D eigenvalue weighted by Crippen LogP contribution is 2.42. The molecule has 196 valence electrons. The molecule has 1 aliphatic carbocycles. The molecule has 4 rings (SSSR count). The molecule has 0 spiro atoms. The number of aromatic nitrogens is 2. The van der Waals surface area contributed by atoms with Gasteiger partial charge in [-0.2, -0.15) is 0 Å². The number of aliphatic hydroxyl groups is 2. The van der Waals surface area contributed by atoms with Crippen molar-refractivity contribution in [2.45, 2.75) is 50.2 Å². The van der Waals surface area contributed by atoms with Crippen LogP contribution in [-0.2, 0) is 0 Å². The van der Waals surface area contributed by atoms with Crippen molar-refractivity contribution in [3.8, 4) is 11.3 Å². The molecule has 1 aliphatic rings. The Balaban J connectivity index is 1.57. The Morgan fingerprint density at radius 2 is 1.97 bits per heavy atom. The van der Waals surface area contributed by atoms with Crippen LogP contribution in [0.1, 0.15) is 58.4 Å². The third-order valence-electron chi connectivity index (χ3n) is 6.47. The third-order valence-corrected chi connectivity index (χ3v) is 6.47. The van der Waals surface area contributed by atoms with Crippen molar-refractivity contribution in [1.29, 1.82) is 0 Å². The zero-order valence-electron chi connectivity index (χ0n) is 19.9. The number of nitrogens with two attached hydrogens (primary N) is 1. The highest BCUT2D eigenvalue weighted by Gasteiger charge is 2.45. The second-order valence-electron chi connectivity index (χ2n) is 9.25. The maximum absolute atomic E-state index is 15.0. The van der Waals surface area contributed by atoms with Gasteiger partial charge in [-0.05, 0) is 55.2 Å². The molecule has 1 aromatic heterocycles. The lowest BCUT2D eigenvalue weighted by molar-refractivity contribution is -0.136. The van der Waals surface area contributed by atoms with Crippen LogP contribution in [-0.4, -0.2) is 44.7 Å². The number of aliphatic hydroxyl groups excluding tert-OH is 2. The quantitative estimate of drug-likeness (QED) is 0.366. The van der Waals surface area contributed by atoms with E-state index in [1.165, 1.54) is 30.5 Å². The molecule has 0 bridgehead atoms. The SMILES string of the molecule is Cc1cc(F)cc(C(CO)NC(=O)c2ccc(-c3nc(C4CCC(O)C(F)(F)C4)cnc3N)cc2F)c1. The second-order valence-corrected chi connectivity index (χ2v) is 9.25. The number of nitrogens with one attached hydrogen (secondary N) is 1. The van der Waals surface area contributed by atoms with Crippen LogP contribution < -0.4 is 11.1 Å². The fourth-order valence-electron chi connectivity index (χ4n) is 4.49. The molecular weight excluding hydrogens is 492 g/mol. The number of aryl methyl sites for hydroxylation is 1. The molecule has 1 amide bonds. The Labute approximate surface area is 210 Å². The van der Waals surface area contributed by atoms with Crippen LogP contribution in [0.15, 0.2) is 42.6 Å². The van der Waals surface area contributed by atoms with E-state index >= 15 is 4.39 Å². The molecular formula is C26H26F4N4O3. The normalized spacial score (nSPS) is 19.9. The Hall–Kier alpha value is -3.57. The first-order chi connectivity index (χ1) is 17.5. The van der Waals surface area contributed by atoms with Gasteiger partial charge in [0.15, 0.2) is 0 Å². The number of nitrogen functional groups attached to an aromatic ring is 1. The lowest BCUT2D eigenvalue weighted by atomic mass is 9.83. The van der Waals surface area contributed by atoms with Crippen molar-refractivity contribution in [1.82, 2.24) is 15.3 Å². The van der Waals surface area contributed by atoms with Crippen molar-refractivity contribution in [3.05, 3.63) is 76.6 Å². The van der Waals surface area contributed by atoms with Gasteiger partial charge in [0.25, 0.3) is 11.8 Å². The van der Waals surface area contributed by atoms with Gasteiger partial charge in [-0.3, -0.25) is 4.79 Å². The lowest BCUT2D eigenvalue weighted by Gasteiger charge is -2.32. The van der Waals surface area contributed by atoms with Gasteiger partial charge in [0, 0.05) is 17.9 Å². The van der Waals surface area contributed by atoms with E-state index in [1.54, 1.807) is 13.0 Å². The number of nitrogens with zero attached hydrogens (tertiary/aromatic N) is 2. The van der Waals surface area contributed by atoms with E-state index in [9.17, 15) is 28.2 Å². The summed E-state index contributed by atoms with van der Waals surface area (Å²) in [5.74, 6) is -6.26. The van der Waals surface area contributed by atoms with E-state index in [2.05, 4.69) is 15.3 Å². The molecule has 0 aliphatic heterocycles. The minimum atomic E-state index is -3.26. The molecule has 3 unspecified atom stereocenters. The molecule has 0 radical (unpaired) electrons. The van der Waals surface area contributed by atoms with Crippen LogP contribution in [0.4, 0.5) is 23.4 Å². The molecule has 1 heterocycles. The number of hydrogen-bond donors (Lipinski definition) is 4. The second kappa shape index (κ2) is 10.4. The average molecular weight is 519 g/mol. The monoisotopic (exact) mass is 518 g/mol. The molecule has 1 saturated carbocycles. The number of carbonyl (C=O) groups is 1. The molecule has 7 nitrogen and oxygen atoms in total. The number of amides is 1.